The van der Waals surface area contributed by atoms with Gasteiger partial charge in [-0.15, -0.1) is 0 Å². The first-order valence-electron chi connectivity index (χ1n) is 12.6. The number of nitrogens with one attached hydrogen (secondary N) is 1. The zero-order valence-corrected chi connectivity index (χ0v) is 25.6. The maximum atomic E-state index is 14.9. The second-order valence-corrected chi connectivity index (χ2v) is 12.7. The van der Waals surface area contributed by atoms with Gasteiger partial charge in [-0.25, -0.2) is 31.6 Å². The number of aryl methyl sites for hydroxylation is 1. The number of nitrogens with two attached hydrogens (primary N) is 1. The van der Waals surface area contributed by atoms with Gasteiger partial charge in [-0.3, -0.25) is 0 Å². The molecule has 1 unspecified atom stereocenters. The lowest BCUT2D eigenvalue weighted by atomic mass is 10.1. The molecule has 2 fully saturated rings. The van der Waals surface area contributed by atoms with Crippen LogP contribution in [-0.4, -0.2) is 77.1 Å². The summed E-state index contributed by atoms with van der Waals surface area (Å²) in [4.78, 5) is 22.4. The molecule has 0 radical (unpaired) electrons. The maximum absolute atomic E-state index is 14.9. The number of hydrogen-bond acceptors (Lipinski definition) is 8. The molecule has 2 saturated heterocycles. The fourth-order valence-corrected chi connectivity index (χ4v) is 6.26. The number of benzene rings is 1. The fourth-order valence-electron chi connectivity index (χ4n) is 4.42. The number of aromatic nitrogens is 2. The SMILES string of the molecule is Cc1ccc(S(=O)(=O)n2cc(/C(N)=N/C(NC3CN(C(=O)OC4CCOC4)C3)=C(/F)CI)c3cc(Cl)cnc32)cc1. The summed E-state index contributed by atoms with van der Waals surface area (Å²) in [5.74, 6) is -0.822. The van der Waals surface area contributed by atoms with Crippen LogP contribution in [0.25, 0.3) is 11.0 Å². The Balaban J connectivity index is 1.41. The molecule has 3 aromatic rings. The Hall–Kier alpha value is -2.95. The lowest BCUT2D eigenvalue weighted by Crippen LogP contribution is -2.60. The third-order valence-corrected chi connectivity index (χ3v) is 9.22. The van der Waals surface area contributed by atoms with Gasteiger partial charge in [0.2, 0.25) is 0 Å². The molecule has 2 aliphatic rings. The molecular formula is C26H27ClFIN6O5S. The van der Waals surface area contributed by atoms with Gasteiger partial charge in [-0.2, -0.15) is 0 Å². The van der Waals surface area contributed by atoms with Crippen molar-refractivity contribution in [3.8, 4) is 0 Å². The predicted octanol–water partition coefficient (Wildman–Crippen LogP) is 3.71. The summed E-state index contributed by atoms with van der Waals surface area (Å²) < 4.78 is 53.6. The van der Waals surface area contributed by atoms with Crippen molar-refractivity contribution < 1.29 is 27.1 Å². The molecule has 5 rings (SSSR count). The molecule has 41 heavy (non-hydrogen) atoms. The molecule has 1 aromatic carbocycles. The molecule has 2 aliphatic heterocycles. The molecule has 218 valence electrons. The van der Waals surface area contributed by atoms with Gasteiger partial charge in [0, 0.05) is 42.9 Å². The van der Waals surface area contributed by atoms with Crippen LogP contribution in [-0.2, 0) is 19.5 Å². The third-order valence-electron chi connectivity index (χ3n) is 6.67. The quantitative estimate of drug-likeness (QED) is 0.156. The summed E-state index contributed by atoms with van der Waals surface area (Å²) >= 11 is 8.05. The van der Waals surface area contributed by atoms with E-state index in [9.17, 15) is 17.6 Å². The van der Waals surface area contributed by atoms with E-state index in [2.05, 4.69) is 15.3 Å². The van der Waals surface area contributed by atoms with Crippen LogP contribution >= 0.6 is 34.2 Å². The number of rotatable bonds is 8. The maximum Gasteiger partial charge on any atom is 0.410 e. The van der Waals surface area contributed by atoms with Crippen molar-refractivity contribution >= 4 is 67.2 Å². The summed E-state index contributed by atoms with van der Waals surface area (Å²) in [6.07, 6.45) is 2.58. The van der Waals surface area contributed by atoms with Crippen molar-refractivity contribution in [2.45, 2.75) is 30.4 Å². The Morgan fingerprint density at radius 1 is 1.34 bits per heavy atom. The molecule has 0 aliphatic carbocycles. The van der Waals surface area contributed by atoms with E-state index in [-0.39, 0.29) is 62.4 Å². The van der Waals surface area contributed by atoms with Crippen LogP contribution in [0.1, 0.15) is 17.5 Å². The van der Waals surface area contributed by atoms with Crippen LogP contribution < -0.4 is 11.1 Å². The van der Waals surface area contributed by atoms with Crippen LogP contribution in [0.15, 0.2) is 64.3 Å². The summed E-state index contributed by atoms with van der Waals surface area (Å²) in [6.45, 7) is 3.37. The highest BCUT2D eigenvalue weighted by atomic mass is 127. The highest BCUT2D eigenvalue weighted by molar-refractivity contribution is 14.1. The molecule has 0 saturated carbocycles. The fraction of sp³-hybridized carbons (Fsp3) is 0.346. The number of amidine groups is 1. The number of alkyl halides is 1. The smallest absolute Gasteiger partial charge is 0.410 e. The molecule has 1 atom stereocenters. The van der Waals surface area contributed by atoms with Crippen molar-refractivity contribution in [1.29, 1.82) is 0 Å². The summed E-state index contributed by atoms with van der Waals surface area (Å²) in [7, 11) is -4.05. The van der Waals surface area contributed by atoms with Crippen LogP contribution in [0.4, 0.5) is 9.18 Å². The zero-order valence-electron chi connectivity index (χ0n) is 21.9. The number of ether oxygens (including phenoxy) is 2. The minimum atomic E-state index is -4.05. The summed E-state index contributed by atoms with van der Waals surface area (Å²) in [5.41, 5.74) is 7.56. The normalized spacial score (nSPS) is 18.8. The lowest BCUT2D eigenvalue weighted by Gasteiger charge is -2.39. The van der Waals surface area contributed by atoms with Crippen LogP contribution in [0, 0.1) is 6.92 Å². The van der Waals surface area contributed by atoms with Gasteiger partial charge in [0.25, 0.3) is 10.0 Å². The van der Waals surface area contributed by atoms with Crippen molar-refractivity contribution in [3.05, 3.63) is 70.5 Å². The number of fused-ring (bicyclic) bond motifs is 1. The number of aliphatic imine (C=N–C) groups is 1. The second kappa shape index (κ2) is 12.1. The van der Waals surface area contributed by atoms with Crippen molar-refractivity contribution in [3.63, 3.8) is 0 Å². The average molecular weight is 717 g/mol. The number of likely N-dealkylation sites (tertiary alicyclic amines) is 1. The molecule has 11 nitrogen and oxygen atoms in total. The topological polar surface area (TPSA) is 141 Å². The highest BCUT2D eigenvalue weighted by Crippen LogP contribution is 2.28. The van der Waals surface area contributed by atoms with E-state index < -0.39 is 21.9 Å². The van der Waals surface area contributed by atoms with E-state index in [0.29, 0.717) is 25.0 Å². The number of hydrogen-bond donors (Lipinski definition) is 2. The number of nitrogens with zero attached hydrogens (tertiary/aromatic N) is 4. The van der Waals surface area contributed by atoms with Crippen LogP contribution in [0.3, 0.4) is 0 Å². The Morgan fingerprint density at radius 2 is 2.07 bits per heavy atom. The number of pyridine rings is 1. The van der Waals surface area contributed by atoms with Gasteiger partial charge in [0.05, 0.1) is 33.6 Å². The first kappa shape index (κ1) is 29.5. The van der Waals surface area contributed by atoms with Gasteiger partial charge in [0.1, 0.15) is 11.9 Å². The number of carbonyl (C=O) groups is 1. The van der Waals surface area contributed by atoms with E-state index in [1.54, 1.807) is 12.1 Å². The molecule has 0 bridgehead atoms. The van der Waals surface area contributed by atoms with E-state index in [1.807, 2.05) is 29.5 Å². The molecule has 1 amide bonds. The van der Waals surface area contributed by atoms with E-state index in [1.165, 1.54) is 35.5 Å². The van der Waals surface area contributed by atoms with Gasteiger partial charge in [-0.1, -0.05) is 51.9 Å². The molecule has 0 spiro atoms. The molecule has 2 aromatic heterocycles. The van der Waals surface area contributed by atoms with Gasteiger partial charge < -0.3 is 25.4 Å². The summed E-state index contributed by atoms with van der Waals surface area (Å²) in [5, 5.41) is 3.59. The van der Waals surface area contributed by atoms with Crippen molar-refractivity contribution in [2.75, 3.05) is 30.7 Å². The van der Waals surface area contributed by atoms with Crippen molar-refractivity contribution in [2.24, 2.45) is 10.7 Å². The van der Waals surface area contributed by atoms with Crippen LogP contribution in [0.2, 0.25) is 5.02 Å². The Labute approximate surface area is 254 Å². The van der Waals surface area contributed by atoms with Gasteiger partial charge >= 0.3 is 6.09 Å². The molecule has 4 heterocycles. The van der Waals surface area contributed by atoms with Crippen molar-refractivity contribution in [1.82, 2.24) is 19.2 Å². The number of allylic oxidation sites excluding steroid dienone is 1. The first-order valence-corrected chi connectivity index (χ1v) is 16.0. The molecular weight excluding hydrogens is 690 g/mol. The highest BCUT2D eigenvalue weighted by Gasteiger charge is 2.34. The van der Waals surface area contributed by atoms with E-state index in [0.717, 1.165) is 9.54 Å². The van der Waals surface area contributed by atoms with E-state index in [4.69, 9.17) is 26.8 Å². The summed E-state index contributed by atoms with van der Waals surface area (Å²) in [6, 6.07) is 7.63. The molecule has 3 N–H and O–H groups in total. The number of carbonyl (C=O) groups excluding carboxylic acids is 1. The monoisotopic (exact) mass is 716 g/mol. The Bertz CT molecular complexity index is 1630. The largest absolute Gasteiger partial charge is 0.444 e. The van der Waals surface area contributed by atoms with Gasteiger partial charge in [-0.05, 0) is 25.1 Å². The Morgan fingerprint density at radius 3 is 2.73 bits per heavy atom. The third kappa shape index (κ3) is 6.29. The van der Waals surface area contributed by atoms with Gasteiger partial charge in [0.15, 0.2) is 17.3 Å². The minimum Gasteiger partial charge on any atom is -0.444 e. The Kier molecular flexibility index (Phi) is 8.73. The second-order valence-electron chi connectivity index (χ2n) is 9.68. The molecule has 15 heteroatoms. The van der Waals surface area contributed by atoms with Crippen LogP contribution in [0.5, 0.6) is 0 Å². The zero-order chi connectivity index (χ0) is 29.3. The first-order chi connectivity index (χ1) is 19.6. The predicted molar refractivity (Wildman–Crippen MR) is 160 cm³/mol. The number of amides is 1. The average Bonchev–Trinajstić information content (AvgIpc) is 3.57. The number of halogens is 3. The standard InChI is InChI=1S/C26H27ClFIN6O5S/c1-15-2-4-19(5-3-15)41(37,38)35-13-21(20-8-16(27)10-31-25(20)35)23(30)33-24(22(28)9-29)32-17-11-34(12-17)26(36)40-18-6-7-39-14-18/h2-5,8,10,13,17-18,32H,6-7,9,11-12,14H2,1H3,(H2,30,33)/b24-22+. The lowest BCUT2D eigenvalue weighted by molar-refractivity contribution is 0.0321. The minimum absolute atomic E-state index is 0.00791. The van der Waals surface area contributed by atoms with E-state index >= 15 is 0 Å².